The Kier molecular flexibility index (Phi) is 16.9. The molecule has 0 fully saturated rings. The first-order chi connectivity index (χ1) is 11.2. The van der Waals surface area contributed by atoms with E-state index in [1.807, 2.05) is 0 Å². The van der Waals surface area contributed by atoms with Gasteiger partial charge < -0.3 is 9.47 Å². The molecule has 0 aliphatic rings. The van der Waals surface area contributed by atoms with Crippen molar-refractivity contribution in [2.24, 2.45) is 0 Å². The lowest BCUT2D eigenvalue weighted by molar-refractivity contribution is -0.140. The molecular formula is C20H38O3. The molecule has 0 aromatic rings. The molecule has 3 nitrogen and oxygen atoms in total. The Hall–Kier alpha value is -0.830. The van der Waals surface area contributed by atoms with E-state index in [9.17, 15) is 4.79 Å². The third-order valence-corrected chi connectivity index (χ3v) is 3.95. The molecule has 0 bridgehead atoms. The van der Waals surface area contributed by atoms with Crippen LogP contribution in [0.1, 0.15) is 90.9 Å². The summed E-state index contributed by atoms with van der Waals surface area (Å²) in [5.41, 5.74) is 0.436. The summed E-state index contributed by atoms with van der Waals surface area (Å²) in [5, 5.41) is 0. The molecule has 0 aliphatic heterocycles. The van der Waals surface area contributed by atoms with Crippen molar-refractivity contribution in [2.45, 2.75) is 90.9 Å². The number of carbonyl (C=O) groups is 1. The summed E-state index contributed by atoms with van der Waals surface area (Å²) >= 11 is 0. The Morgan fingerprint density at radius 1 is 0.739 bits per heavy atom. The van der Waals surface area contributed by atoms with E-state index in [1.165, 1.54) is 70.6 Å². The van der Waals surface area contributed by atoms with Gasteiger partial charge in [-0.15, -0.1) is 0 Å². The van der Waals surface area contributed by atoms with Crippen LogP contribution in [0.3, 0.4) is 0 Å². The highest BCUT2D eigenvalue weighted by Gasteiger charge is 2.01. The standard InChI is InChI=1S/C20H38O3/c1-4-5-6-7-8-9-10-11-12-13-14-15-16-22-17-18-23-20(21)19(2)3/h2,4-18H2,1,3H3. The number of ether oxygens (including phenoxy) is 2. The van der Waals surface area contributed by atoms with Crippen LogP contribution >= 0.6 is 0 Å². The van der Waals surface area contributed by atoms with E-state index < -0.39 is 0 Å². The molecule has 0 unspecified atom stereocenters. The third-order valence-electron chi connectivity index (χ3n) is 3.95. The molecule has 0 atom stereocenters. The first-order valence-electron chi connectivity index (χ1n) is 9.58. The Labute approximate surface area is 143 Å². The van der Waals surface area contributed by atoms with Crippen LogP contribution in [0, 0.1) is 0 Å². The number of unbranched alkanes of at least 4 members (excludes halogenated alkanes) is 11. The van der Waals surface area contributed by atoms with E-state index in [0.717, 1.165) is 13.0 Å². The summed E-state index contributed by atoms with van der Waals surface area (Å²) in [4.78, 5) is 11.1. The average molecular weight is 327 g/mol. The van der Waals surface area contributed by atoms with Crippen molar-refractivity contribution in [3.05, 3.63) is 12.2 Å². The molecule has 0 saturated heterocycles. The van der Waals surface area contributed by atoms with Crippen LogP contribution in [0.15, 0.2) is 12.2 Å². The summed E-state index contributed by atoms with van der Waals surface area (Å²) in [6.07, 6.45) is 16.2. The highest BCUT2D eigenvalue weighted by atomic mass is 16.6. The summed E-state index contributed by atoms with van der Waals surface area (Å²) in [6.45, 7) is 9.02. The number of rotatable bonds is 17. The van der Waals surface area contributed by atoms with Crippen molar-refractivity contribution in [3.8, 4) is 0 Å². The molecule has 0 aliphatic carbocycles. The van der Waals surface area contributed by atoms with Crippen LogP contribution in [-0.4, -0.2) is 25.8 Å². The number of hydrogen-bond donors (Lipinski definition) is 0. The second kappa shape index (κ2) is 17.5. The molecule has 0 aromatic carbocycles. The maximum absolute atomic E-state index is 11.1. The molecule has 0 rings (SSSR count). The number of hydrogen-bond acceptors (Lipinski definition) is 3. The van der Waals surface area contributed by atoms with Gasteiger partial charge in [-0.2, -0.15) is 0 Å². The third kappa shape index (κ3) is 17.4. The van der Waals surface area contributed by atoms with Crippen molar-refractivity contribution in [3.63, 3.8) is 0 Å². The Balaban J connectivity index is 3.05. The van der Waals surface area contributed by atoms with E-state index in [2.05, 4.69) is 13.5 Å². The highest BCUT2D eigenvalue weighted by molar-refractivity contribution is 5.86. The Bertz CT molecular complexity index is 287. The minimum Gasteiger partial charge on any atom is -0.460 e. The van der Waals surface area contributed by atoms with E-state index in [-0.39, 0.29) is 5.97 Å². The van der Waals surface area contributed by atoms with Gasteiger partial charge in [0.15, 0.2) is 0 Å². The van der Waals surface area contributed by atoms with Crippen LogP contribution in [0.5, 0.6) is 0 Å². The van der Waals surface area contributed by atoms with Gasteiger partial charge in [-0.05, 0) is 13.3 Å². The lowest BCUT2D eigenvalue weighted by atomic mass is 10.1. The first kappa shape index (κ1) is 22.2. The molecule has 0 aromatic heterocycles. The summed E-state index contributed by atoms with van der Waals surface area (Å²) in [6, 6.07) is 0. The zero-order valence-electron chi connectivity index (χ0n) is 15.5. The lowest BCUT2D eigenvalue weighted by Gasteiger charge is -2.06. The fourth-order valence-corrected chi connectivity index (χ4v) is 2.46. The molecule has 0 heterocycles. The molecule has 23 heavy (non-hydrogen) atoms. The minimum absolute atomic E-state index is 0.323. The lowest BCUT2D eigenvalue weighted by Crippen LogP contribution is -2.11. The quantitative estimate of drug-likeness (QED) is 0.192. The highest BCUT2D eigenvalue weighted by Crippen LogP contribution is 2.11. The average Bonchev–Trinajstić information content (AvgIpc) is 2.54. The van der Waals surface area contributed by atoms with Gasteiger partial charge in [0.25, 0.3) is 0 Å². The van der Waals surface area contributed by atoms with Gasteiger partial charge in [-0.1, -0.05) is 84.1 Å². The van der Waals surface area contributed by atoms with Gasteiger partial charge in [-0.25, -0.2) is 4.79 Å². The van der Waals surface area contributed by atoms with Gasteiger partial charge in [-0.3, -0.25) is 0 Å². The normalized spacial score (nSPS) is 10.7. The van der Waals surface area contributed by atoms with Crippen LogP contribution < -0.4 is 0 Å². The van der Waals surface area contributed by atoms with Gasteiger partial charge in [0.2, 0.25) is 0 Å². The van der Waals surface area contributed by atoms with Crippen molar-refractivity contribution in [1.82, 2.24) is 0 Å². The molecule has 0 radical (unpaired) electrons. The van der Waals surface area contributed by atoms with E-state index in [1.54, 1.807) is 6.92 Å². The summed E-state index contributed by atoms with van der Waals surface area (Å²) < 4.78 is 10.4. The molecule has 0 N–H and O–H groups in total. The fourth-order valence-electron chi connectivity index (χ4n) is 2.46. The smallest absolute Gasteiger partial charge is 0.333 e. The monoisotopic (exact) mass is 326 g/mol. The van der Waals surface area contributed by atoms with E-state index in [0.29, 0.717) is 18.8 Å². The second-order valence-corrected chi connectivity index (χ2v) is 6.42. The van der Waals surface area contributed by atoms with E-state index >= 15 is 0 Å². The first-order valence-corrected chi connectivity index (χ1v) is 9.58. The van der Waals surface area contributed by atoms with Crippen molar-refractivity contribution < 1.29 is 14.3 Å². The molecular weight excluding hydrogens is 288 g/mol. The number of esters is 1. The maximum Gasteiger partial charge on any atom is 0.333 e. The number of carbonyl (C=O) groups excluding carboxylic acids is 1. The zero-order chi connectivity index (χ0) is 17.2. The molecule has 3 heteroatoms. The van der Waals surface area contributed by atoms with Crippen molar-refractivity contribution in [2.75, 3.05) is 19.8 Å². The molecule has 0 saturated carbocycles. The van der Waals surface area contributed by atoms with Gasteiger partial charge in [0.05, 0.1) is 6.61 Å². The van der Waals surface area contributed by atoms with Gasteiger partial charge in [0, 0.05) is 12.2 Å². The topological polar surface area (TPSA) is 35.5 Å². The molecule has 0 amide bonds. The van der Waals surface area contributed by atoms with Gasteiger partial charge >= 0.3 is 5.97 Å². The largest absolute Gasteiger partial charge is 0.460 e. The van der Waals surface area contributed by atoms with Crippen LogP contribution in [-0.2, 0) is 14.3 Å². The van der Waals surface area contributed by atoms with E-state index in [4.69, 9.17) is 9.47 Å². The van der Waals surface area contributed by atoms with Crippen LogP contribution in [0.2, 0.25) is 0 Å². The molecule has 136 valence electrons. The van der Waals surface area contributed by atoms with Crippen molar-refractivity contribution >= 4 is 5.97 Å². The minimum atomic E-state index is -0.334. The fraction of sp³-hybridized carbons (Fsp3) is 0.850. The zero-order valence-corrected chi connectivity index (χ0v) is 15.5. The summed E-state index contributed by atoms with van der Waals surface area (Å²) in [7, 11) is 0. The summed E-state index contributed by atoms with van der Waals surface area (Å²) in [5.74, 6) is -0.334. The van der Waals surface area contributed by atoms with Gasteiger partial charge in [0.1, 0.15) is 6.61 Å². The molecule has 0 spiro atoms. The predicted octanol–water partition coefficient (Wildman–Crippen LogP) is 5.82. The van der Waals surface area contributed by atoms with Crippen LogP contribution in [0.4, 0.5) is 0 Å². The Morgan fingerprint density at radius 2 is 1.22 bits per heavy atom. The van der Waals surface area contributed by atoms with Crippen LogP contribution in [0.25, 0.3) is 0 Å². The van der Waals surface area contributed by atoms with Crippen molar-refractivity contribution in [1.29, 1.82) is 0 Å². The Morgan fingerprint density at radius 3 is 1.70 bits per heavy atom. The SMILES string of the molecule is C=C(C)C(=O)OCCOCCCCCCCCCCCCCC. The second-order valence-electron chi connectivity index (χ2n) is 6.42. The maximum atomic E-state index is 11.1. The predicted molar refractivity (Wildman–Crippen MR) is 97.7 cm³/mol.